The molecule has 1 aliphatic heterocycles. The zero-order valence-corrected chi connectivity index (χ0v) is 14.9. The zero-order valence-electron chi connectivity index (χ0n) is 14.9. The Morgan fingerprint density at radius 3 is 2.92 bits per heavy atom. The van der Waals surface area contributed by atoms with Gasteiger partial charge < -0.3 is 10.7 Å². The number of hydrogen-bond donors (Lipinski definition) is 2. The van der Waals surface area contributed by atoms with Crippen LogP contribution in [0.3, 0.4) is 0 Å². The van der Waals surface area contributed by atoms with Gasteiger partial charge >= 0.3 is 0 Å². The molecule has 1 aliphatic rings. The first-order valence-electron chi connectivity index (χ1n) is 9.40. The molecule has 0 amide bonds. The Balaban J connectivity index is 1.58. The maximum atomic E-state index is 13.5. The first-order valence-corrected chi connectivity index (χ1v) is 9.40. The fourth-order valence-corrected chi connectivity index (χ4v) is 3.93. The molecule has 5 heteroatoms. The second-order valence-corrected chi connectivity index (χ2v) is 7.12. The van der Waals surface area contributed by atoms with E-state index in [2.05, 4.69) is 34.1 Å². The molecule has 3 aromatic rings. The van der Waals surface area contributed by atoms with Crippen molar-refractivity contribution in [3.63, 3.8) is 0 Å². The van der Waals surface area contributed by atoms with Gasteiger partial charge in [-0.05, 0) is 61.7 Å². The third-order valence-corrected chi connectivity index (χ3v) is 5.20. The van der Waals surface area contributed by atoms with E-state index in [9.17, 15) is 4.39 Å². The van der Waals surface area contributed by atoms with Crippen molar-refractivity contribution in [2.45, 2.75) is 38.3 Å². The quantitative estimate of drug-likeness (QED) is 0.731. The highest BCUT2D eigenvalue weighted by Gasteiger charge is 2.26. The smallest absolute Gasteiger partial charge is 0.125 e. The molecule has 0 spiro atoms. The standard InChI is InChI=1S/C21H25FN4/c22-17-7-8-18-19(13-17)25-21(24-18)20-6-1-2-11-26(20)14-16-5-3-4-15(12-16)9-10-23/h3-5,7-8,12-13,20H,1-2,6,9-11,14,23H2,(H,24,25)/t20-/m0/s1. The van der Waals surface area contributed by atoms with Crippen LogP contribution in [0, 0.1) is 5.82 Å². The molecule has 136 valence electrons. The van der Waals surface area contributed by atoms with Crippen LogP contribution in [0.15, 0.2) is 42.5 Å². The van der Waals surface area contributed by atoms with Gasteiger partial charge in [-0.3, -0.25) is 4.90 Å². The summed E-state index contributed by atoms with van der Waals surface area (Å²) in [5.74, 6) is 0.716. The molecule has 2 aromatic carbocycles. The van der Waals surface area contributed by atoms with Crippen LogP contribution in [-0.4, -0.2) is 28.0 Å². The molecule has 4 nitrogen and oxygen atoms in total. The summed E-state index contributed by atoms with van der Waals surface area (Å²) in [7, 11) is 0. The predicted molar refractivity (Wildman–Crippen MR) is 102 cm³/mol. The Labute approximate surface area is 153 Å². The molecule has 0 unspecified atom stereocenters. The van der Waals surface area contributed by atoms with Crippen LogP contribution in [0.2, 0.25) is 0 Å². The van der Waals surface area contributed by atoms with E-state index in [0.29, 0.717) is 6.54 Å². The topological polar surface area (TPSA) is 57.9 Å². The van der Waals surface area contributed by atoms with Crippen LogP contribution < -0.4 is 5.73 Å². The van der Waals surface area contributed by atoms with E-state index in [1.165, 1.54) is 36.1 Å². The van der Waals surface area contributed by atoms with E-state index in [4.69, 9.17) is 10.7 Å². The fourth-order valence-electron chi connectivity index (χ4n) is 3.93. The van der Waals surface area contributed by atoms with Gasteiger partial charge in [-0.2, -0.15) is 0 Å². The minimum atomic E-state index is -0.232. The summed E-state index contributed by atoms with van der Waals surface area (Å²) in [6.45, 7) is 2.62. The van der Waals surface area contributed by atoms with Gasteiger partial charge in [0.1, 0.15) is 11.6 Å². The highest BCUT2D eigenvalue weighted by atomic mass is 19.1. The summed E-state index contributed by atoms with van der Waals surface area (Å²) in [5, 5.41) is 0. The van der Waals surface area contributed by atoms with Crippen LogP contribution >= 0.6 is 0 Å². The van der Waals surface area contributed by atoms with Crippen molar-refractivity contribution in [3.05, 3.63) is 65.2 Å². The van der Waals surface area contributed by atoms with Crippen molar-refractivity contribution in [1.29, 1.82) is 0 Å². The Morgan fingerprint density at radius 2 is 2.04 bits per heavy atom. The van der Waals surface area contributed by atoms with Crippen LogP contribution in [0.1, 0.15) is 42.3 Å². The molecule has 0 radical (unpaired) electrons. The molecule has 0 bridgehead atoms. The lowest BCUT2D eigenvalue weighted by Crippen LogP contribution is -2.33. The molecule has 26 heavy (non-hydrogen) atoms. The van der Waals surface area contributed by atoms with Crippen LogP contribution in [0.5, 0.6) is 0 Å². The van der Waals surface area contributed by atoms with E-state index in [-0.39, 0.29) is 11.9 Å². The number of aromatic amines is 1. The number of H-pyrrole nitrogens is 1. The number of fused-ring (bicyclic) bond motifs is 1. The van der Waals surface area contributed by atoms with Gasteiger partial charge in [-0.25, -0.2) is 9.37 Å². The second-order valence-electron chi connectivity index (χ2n) is 7.12. The van der Waals surface area contributed by atoms with Gasteiger partial charge in [0.15, 0.2) is 0 Å². The first-order chi connectivity index (χ1) is 12.7. The van der Waals surface area contributed by atoms with E-state index in [1.807, 2.05) is 0 Å². The van der Waals surface area contributed by atoms with Gasteiger partial charge in [0.05, 0.1) is 17.1 Å². The lowest BCUT2D eigenvalue weighted by atomic mass is 10.00. The van der Waals surface area contributed by atoms with E-state index in [1.54, 1.807) is 6.07 Å². The molecule has 1 aromatic heterocycles. The third kappa shape index (κ3) is 3.64. The third-order valence-electron chi connectivity index (χ3n) is 5.20. The van der Waals surface area contributed by atoms with E-state index >= 15 is 0 Å². The van der Waals surface area contributed by atoms with Crippen molar-refractivity contribution in [2.24, 2.45) is 5.73 Å². The number of nitrogens with one attached hydrogen (secondary N) is 1. The summed E-state index contributed by atoms with van der Waals surface area (Å²) in [5.41, 5.74) is 9.89. The van der Waals surface area contributed by atoms with Crippen LogP contribution in [-0.2, 0) is 13.0 Å². The maximum Gasteiger partial charge on any atom is 0.125 e. The number of aromatic nitrogens is 2. The van der Waals surface area contributed by atoms with Gasteiger partial charge in [0, 0.05) is 6.54 Å². The molecule has 3 N–H and O–H groups in total. The SMILES string of the molecule is NCCc1cccc(CN2CCCC[C@H]2c2nc3ccc(F)cc3[nH]2)c1. The molecule has 1 fully saturated rings. The number of likely N-dealkylation sites (tertiary alicyclic amines) is 1. The number of benzene rings is 2. The van der Waals surface area contributed by atoms with Crippen molar-refractivity contribution >= 4 is 11.0 Å². The summed E-state index contributed by atoms with van der Waals surface area (Å²) >= 11 is 0. The minimum Gasteiger partial charge on any atom is -0.341 e. The molecule has 4 rings (SSSR count). The number of imidazole rings is 1. The van der Waals surface area contributed by atoms with E-state index < -0.39 is 0 Å². The minimum absolute atomic E-state index is 0.232. The molecule has 1 saturated heterocycles. The van der Waals surface area contributed by atoms with Gasteiger partial charge in [0.25, 0.3) is 0 Å². The van der Waals surface area contributed by atoms with Crippen molar-refractivity contribution in [3.8, 4) is 0 Å². The monoisotopic (exact) mass is 352 g/mol. The zero-order chi connectivity index (χ0) is 17.9. The second kappa shape index (κ2) is 7.56. The van der Waals surface area contributed by atoms with Crippen molar-refractivity contribution < 1.29 is 4.39 Å². The number of nitrogens with zero attached hydrogens (tertiary/aromatic N) is 2. The number of halogens is 1. The first kappa shape index (κ1) is 17.2. The summed E-state index contributed by atoms with van der Waals surface area (Å²) in [6, 6.07) is 13.7. The molecule has 0 saturated carbocycles. The molecular weight excluding hydrogens is 327 g/mol. The molecular formula is C21H25FN4. The molecule has 2 heterocycles. The highest BCUT2D eigenvalue weighted by Crippen LogP contribution is 2.32. The summed E-state index contributed by atoms with van der Waals surface area (Å²) in [6.07, 6.45) is 4.38. The van der Waals surface area contributed by atoms with Crippen molar-refractivity contribution in [1.82, 2.24) is 14.9 Å². The Hall–Kier alpha value is -2.24. The normalized spacial score (nSPS) is 18.5. The lowest BCUT2D eigenvalue weighted by Gasteiger charge is -2.34. The van der Waals surface area contributed by atoms with Crippen molar-refractivity contribution in [2.75, 3.05) is 13.1 Å². The van der Waals surface area contributed by atoms with Gasteiger partial charge in [0.2, 0.25) is 0 Å². The average molecular weight is 352 g/mol. The molecule has 1 atom stereocenters. The van der Waals surface area contributed by atoms with Gasteiger partial charge in [-0.15, -0.1) is 0 Å². The number of rotatable bonds is 5. The van der Waals surface area contributed by atoms with Gasteiger partial charge in [-0.1, -0.05) is 30.7 Å². The molecule has 0 aliphatic carbocycles. The Kier molecular flexibility index (Phi) is 5.00. The lowest BCUT2D eigenvalue weighted by molar-refractivity contribution is 0.134. The average Bonchev–Trinajstić information content (AvgIpc) is 3.06. The van der Waals surface area contributed by atoms with Crippen LogP contribution in [0.25, 0.3) is 11.0 Å². The maximum absolute atomic E-state index is 13.5. The number of piperidine rings is 1. The Morgan fingerprint density at radius 1 is 1.15 bits per heavy atom. The highest BCUT2D eigenvalue weighted by molar-refractivity contribution is 5.75. The van der Waals surface area contributed by atoms with E-state index in [0.717, 1.165) is 42.8 Å². The number of hydrogen-bond acceptors (Lipinski definition) is 3. The largest absolute Gasteiger partial charge is 0.341 e. The van der Waals surface area contributed by atoms with Crippen LogP contribution in [0.4, 0.5) is 4.39 Å². The Bertz CT molecular complexity index is 889. The predicted octanol–water partition coefficient (Wildman–Crippen LogP) is 3.93. The fraction of sp³-hybridized carbons (Fsp3) is 0.381. The number of nitrogens with two attached hydrogens (primary N) is 1. The summed E-state index contributed by atoms with van der Waals surface area (Å²) in [4.78, 5) is 10.6. The summed E-state index contributed by atoms with van der Waals surface area (Å²) < 4.78 is 13.5.